The molecule has 0 aliphatic heterocycles. The highest BCUT2D eigenvalue weighted by molar-refractivity contribution is 7.89. The number of sulfonamides is 1. The number of hydrogen-bond donors (Lipinski definition) is 2. The van der Waals surface area contributed by atoms with E-state index in [1.165, 1.54) is 14.0 Å². The van der Waals surface area contributed by atoms with E-state index in [4.69, 9.17) is 9.47 Å². The Hall–Kier alpha value is -2.65. The van der Waals surface area contributed by atoms with Gasteiger partial charge in [0.1, 0.15) is 5.82 Å². The lowest BCUT2D eigenvalue weighted by atomic mass is 10.1. The molecule has 0 aromatic heterocycles. The van der Waals surface area contributed by atoms with Crippen LogP contribution in [0.15, 0.2) is 47.4 Å². The number of halogens is 1. The second-order valence-corrected chi connectivity index (χ2v) is 7.74. The Kier molecular flexibility index (Phi) is 7.36. The third-order valence-electron chi connectivity index (χ3n) is 4.01. The summed E-state index contributed by atoms with van der Waals surface area (Å²) in [7, 11) is -0.835. The molecule has 0 heterocycles. The molecule has 0 unspecified atom stereocenters. The van der Waals surface area contributed by atoms with Gasteiger partial charge in [-0.05, 0) is 55.3 Å². The molecule has 0 aliphatic carbocycles. The lowest BCUT2D eigenvalue weighted by Crippen LogP contribution is -2.45. The first-order valence-corrected chi connectivity index (χ1v) is 10.0. The predicted octanol–water partition coefficient (Wildman–Crippen LogP) is 1.87. The Morgan fingerprint density at radius 1 is 1.07 bits per heavy atom. The van der Waals surface area contributed by atoms with Crippen LogP contribution in [0, 0.1) is 5.82 Å². The smallest absolute Gasteiger partial charge is 0.241 e. The lowest BCUT2D eigenvalue weighted by molar-refractivity contribution is -0.122. The minimum absolute atomic E-state index is 0.112. The number of rotatable bonds is 9. The Bertz CT molecular complexity index is 916. The maximum atomic E-state index is 12.9. The molecule has 1 amide bonds. The molecule has 2 N–H and O–H groups in total. The number of amides is 1. The standard InChI is InChI=1S/C19H23FN2O5S/c1-13(22-28(24,25)16-7-5-15(20)6-8-16)19(23)21-11-10-14-4-9-17(26-2)18(12-14)27-3/h4-9,12-13,22H,10-11H2,1-3H3,(H,21,23)/t13-/m0/s1. The van der Waals surface area contributed by atoms with Crippen molar-refractivity contribution in [3.8, 4) is 11.5 Å². The quantitative estimate of drug-likeness (QED) is 0.658. The summed E-state index contributed by atoms with van der Waals surface area (Å²) in [5.74, 6) is 0.192. The summed E-state index contributed by atoms with van der Waals surface area (Å²) in [6, 6.07) is 8.82. The van der Waals surface area contributed by atoms with Gasteiger partial charge in [0.15, 0.2) is 11.5 Å². The van der Waals surface area contributed by atoms with Crippen LogP contribution in [-0.4, -0.2) is 41.1 Å². The molecule has 0 radical (unpaired) electrons. The summed E-state index contributed by atoms with van der Waals surface area (Å²) < 4.78 is 50.1. The van der Waals surface area contributed by atoms with E-state index in [1.807, 2.05) is 12.1 Å². The van der Waals surface area contributed by atoms with Gasteiger partial charge in [-0.25, -0.2) is 12.8 Å². The highest BCUT2D eigenvalue weighted by Crippen LogP contribution is 2.27. The van der Waals surface area contributed by atoms with E-state index in [2.05, 4.69) is 10.0 Å². The first-order valence-electron chi connectivity index (χ1n) is 8.53. The Morgan fingerprint density at radius 3 is 2.32 bits per heavy atom. The van der Waals surface area contributed by atoms with Crippen LogP contribution in [0.25, 0.3) is 0 Å². The Labute approximate surface area is 163 Å². The van der Waals surface area contributed by atoms with Crippen LogP contribution >= 0.6 is 0 Å². The summed E-state index contributed by atoms with van der Waals surface area (Å²) in [5, 5.41) is 2.68. The highest BCUT2D eigenvalue weighted by Gasteiger charge is 2.21. The number of ether oxygens (including phenoxy) is 2. The first-order chi connectivity index (χ1) is 13.3. The third kappa shape index (κ3) is 5.67. The third-order valence-corrected chi connectivity index (χ3v) is 5.57. The number of nitrogens with one attached hydrogen (secondary N) is 2. The van der Waals surface area contributed by atoms with Gasteiger partial charge in [-0.2, -0.15) is 4.72 Å². The van der Waals surface area contributed by atoms with Crippen molar-refractivity contribution < 1.29 is 27.1 Å². The number of hydrogen-bond acceptors (Lipinski definition) is 5. The van der Waals surface area contributed by atoms with Crippen molar-refractivity contribution in [2.75, 3.05) is 20.8 Å². The van der Waals surface area contributed by atoms with Crippen molar-refractivity contribution in [2.45, 2.75) is 24.3 Å². The van der Waals surface area contributed by atoms with Crippen molar-refractivity contribution in [1.82, 2.24) is 10.0 Å². The summed E-state index contributed by atoms with van der Waals surface area (Å²) in [4.78, 5) is 12.1. The molecule has 0 aliphatic rings. The van der Waals surface area contributed by atoms with Gasteiger partial charge in [0.05, 0.1) is 25.2 Å². The van der Waals surface area contributed by atoms with Gasteiger partial charge >= 0.3 is 0 Å². The molecule has 2 aromatic rings. The summed E-state index contributed by atoms with van der Waals surface area (Å²) in [6.45, 7) is 1.75. The Balaban J connectivity index is 1.89. The molecule has 7 nitrogen and oxygen atoms in total. The largest absolute Gasteiger partial charge is 0.493 e. The lowest BCUT2D eigenvalue weighted by Gasteiger charge is -2.15. The molecule has 0 bridgehead atoms. The van der Waals surface area contributed by atoms with Crippen LogP contribution in [0.5, 0.6) is 11.5 Å². The van der Waals surface area contributed by atoms with Gasteiger partial charge in [-0.15, -0.1) is 0 Å². The zero-order chi connectivity index (χ0) is 20.7. The monoisotopic (exact) mass is 410 g/mol. The average molecular weight is 410 g/mol. The minimum atomic E-state index is -3.92. The maximum absolute atomic E-state index is 12.9. The molecular weight excluding hydrogens is 387 g/mol. The molecule has 2 rings (SSSR count). The maximum Gasteiger partial charge on any atom is 0.241 e. The number of benzene rings is 2. The van der Waals surface area contributed by atoms with Crippen LogP contribution in [0.2, 0.25) is 0 Å². The average Bonchev–Trinajstić information content (AvgIpc) is 2.67. The van der Waals surface area contributed by atoms with E-state index in [1.54, 1.807) is 13.2 Å². The van der Waals surface area contributed by atoms with Gasteiger partial charge in [-0.1, -0.05) is 6.07 Å². The van der Waals surface area contributed by atoms with Crippen LogP contribution < -0.4 is 19.5 Å². The van der Waals surface area contributed by atoms with E-state index in [0.29, 0.717) is 24.5 Å². The second kappa shape index (κ2) is 9.52. The number of methoxy groups -OCH3 is 2. The molecule has 152 valence electrons. The number of carbonyl (C=O) groups is 1. The fourth-order valence-electron chi connectivity index (χ4n) is 2.49. The molecule has 1 atom stereocenters. The van der Waals surface area contributed by atoms with Crippen molar-refractivity contribution in [2.24, 2.45) is 0 Å². The van der Waals surface area contributed by atoms with Crippen molar-refractivity contribution in [1.29, 1.82) is 0 Å². The molecule has 0 spiro atoms. The summed E-state index contributed by atoms with van der Waals surface area (Å²) in [5.41, 5.74) is 0.928. The van der Waals surface area contributed by atoms with Gasteiger partial charge < -0.3 is 14.8 Å². The minimum Gasteiger partial charge on any atom is -0.493 e. The molecule has 0 saturated heterocycles. The fraction of sp³-hybridized carbons (Fsp3) is 0.316. The van der Waals surface area contributed by atoms with E-state index in [-0.39, 0.29) is 4.90 Å². The SMILES string of the molecule is COc1ccc(CCNC(=O)[C@H](C)NS(=O)(=O)c2ccc(F)cc2)cc1OC. The van der Waals surface area contributed by atoms with Crippen molar-refractivity contribution in [3.05, 3.63) is 53.8 Å². The van der Waals surface area contributed by atoms with Crippen LogP contribution in [0.1, 0.15) is 12.5 Å². The van der Waals surface area contributed by atoms with Gasteiger partial charge in [-0.3, -0.25) is 4.79 Å². The zero-order valence-corrected chi connectivity index (χ0v) is 16.7. The molecule has 28 heavy (non-hydrogen) atoms. The topological polar surface area (TPSA) is 93.7 Å². The van der Waals surface area contributed by atoms with E-state index in [0.717, 1.165) is 29.8 Å². The predicted molar refractivity (Wildman–Crippen MR) is 102 cm³/mol. The van der Waals surface area contributed by atoms with E-state index < -0.39 is 27.8 Å². The summed E-state index contributed by atoms with van der Waals surface area (Å²) in [6.07, 6.45) is 0.531. The normalized spacial score (nSPS) is 12.3. The molecular formula is C19H23FN2O5S. The zero-order valence-electron chi connectivity index (χ0n) is 15.9. The van der Waals surface area contributed by atoms with Crippen LogP contribution in [0.3, 0.4) is 0 Å². The van der Waals surface area contributed by atoms with E-state index >= 15 is 0 Å². The molecule has 0 saturated carbocycles. The molecule has 2 aromatic carbocycles. The van der Waals surface area contributed by atoms with Crippen molar-refractivity contribution in [3.63, 3.8) is 0 Å². The van der Waals surface area contributed by atoms with Gasteiger partial charge in [0.25, 0.3) is 0 Å². The molecule has 0 fully saturated rings. The highest BCUT2D eigenvalue weighted by atomic mass is 32.2. The van der Waals surface area contributed by atoms with Gasteiger partial charge in [0.2, 0.25) is 15.9 Å². The second-order valence-electron chi connectivity index (χ2n) is 6.03. The first kappa shape index (κ1) is 21.6. The van der Waals surface area contributed by atoms with Crippen LogP contribution in [-0.2, 0) is 21.2 Å². The Morgan fingerprint density at radius 2 is 1.71 bits per heavy atom. The molecule has 9 heteroatoms. The number of carbonyl (C=O) groups excluding carboxylic acids is 1. The van der Waals surface area contributed by atoms with Gasteiger partial charge in [0, 0.05) is 6.54 Å². The van der Waals surface area contributed by atoms with E-state index in [9.17, 15) is 17.6 Å². The van der Waals surface area contributed by atoms with Crippen molar-refractivity contribution >= 4 is 15.9 Å². The van der Waals surface area contributed by atoms with Crippen LogP contribution in [0.4, 0.5) is 4.39 Å². The fourth-order valence-corrected chi connectivity index (χ4v) is 3.69. The summed E-state index contributed by atoms with van der Waals surface area (Å²) >= 11 is 0.